The molecule has 6 heteroatoms. The van der Waals surface area contributed by atoms with E-state index in [1.165, 1.54) is 0 Å². The Balaban J connectivity index is 1.62. The lowest BCUT2D eigenvalue weighted by Crippen LogP contribution is -2.00. The summed E-state index contributed by atoms with van der Waals surface area (Å²) in [5.74, 6) is 0.597. The summed E-state index contributed by atoms with van der Waals surface area (Å²) < 4.78 is 0. The average Bonchev–Trinajstić information content (AvgIpc) is 3.11. The van der Waals surface area contributed by atoms with Crippen molar-refractivity contribution in [2.24, 2.45) is 0 Å². The van der Waals surface area contributed by atoms with Gasteiger partial charge in [0.1, 0.15) is 5.01 Å². The second-order valence-corrected chi connectivity index (χ2v) is 7.46. The fourth-order valence-corrected chi connectivity index (χ4v) is 3.98. The van der Waals surface area contributed by atoms with Crippen LogP contribution in [0.5, 0.6) is 0 Å². The molecule has 0 radical (unpaired) electrons. The SMILES string of the molecule is Cc1cc(C)nc(Nc2cccc(-c3csc(-c4ccccc4Cl)n3)c2)n1. The van der Waals surface area contributed by atoms with E-state index in [2.05, 4.69) is 15.3 Å². The summed E-state index contributed by atoms with van der Waals surface area (Å²) in [6.45, 7) is 3.92. The van der Waals surface area contributed by atoms with E-state index in [9.17, 15) is 0 Å². The van der Waals surface area contributed by atoms with Gasteiger partial charge in [-0.3, -0.25) is 0 Å². The molecule has 0 aliphatic carbocycles. The number of aromatic nitrogens is 3. The molecule has 0 fully saturated rings. The van der Waals surface area contributed by atoms with E-state index in [-0.39, 0.29) is 0 Å². The smallest absolute Gasteiger partial charge is 0.227 e. The lowest BCUT2D eigenvalue weighted by molar-refractivity contribution is 1.06. The van der Waals surface area contributed by atoms with Crippen molar-refractivity contribution in [3.05, 3.63) is 76.4 Å². The Kier molecular flexibility index (Phi) is 4.88. The Morgan fingerprint density at radius 3 is 2.44 bits per heavy atom. The molecule has 2 aromatic carbocycles. The maximum atomic E-state index is 6.30. The molecular formula is C21H17ClN4S. The lowest BCUT2D eigenvalue weighted by atomic mass is 10.1. The molecule has 0 unspecified atom stereocenters. The van der Waals surface area contributed by atoms with E-state index in [0.717, 1.165) is 38.9 Å². The maximum Gasteiger partial charge on any atom is 0.227 e. The van der Waals surface area contributed by atoms with Crippen LogP contribution >= 0.6 is 22.9 Å². The summed E-state index contributed by atoms with van der Waals surface area (Å²) in [4.78, 5) is 13.6. The zero-order valence-electron chi connectivity index (χ0n) is 14.9. The number of nitrogens with zero attached hydrogens (tertiary/aromatic N) is 3. The van der Waals surface area contributed by atoms with Gasteiger partial charge >= 0.3 is 0 Å². The van der Waals surface area contributed by atoms with Crippen LogP contribution in [0, 0.1) is 13.8 Å². The van der Waals surface area contributed by atoms with Gasteiger partial charge in [0.15, 0.2) is 0 Å². The number of rotatable bonds is 4. The van der Waals surface area contributed by atoms with Crippen molar-refractivity contribution < 1.29 is 0 Å². The first-order valence-corrected chi connectivity index (χ1v) is 9.74. The molecule has 4 rings (SSSR count). The Bertz CT molecular complexity index is 1090. The molecular weight excluding hydrogens is 376 g/mol. The van der Waals surface area contributed by atoms with E-state index < -0.39 is 0 Å². The minimum Gasteiger partial charge on any atom is -0.324 e. The first-order chi connectivity index (χ1) is 13.1. The highest BCUT2D eigenvalue weighted by Crippen LogP contribution is 2.33. The van der Waals surface area contributed by atoms with Gasteiger partial charge in [0.25, 0.3) is 0 Å². The minimum atomic E-state index is 0.597. The quantitative estimate of drug-likeness (QED) is 0.444. The third-order valence-corrected chi connectivity index (χ3v) is 5.21. The van der Waals surface area contributed by atoms with Gasteiger partial charge in [-0.25, -0.2) is 15.0 Å². The van der Waals surface area contributed by atoms with E-state index in [0.29, 0.717) is 11.0 Å². The molecule has 0 saturated heterocycles. The second-order valence-electron chi connectivity index (χ2n) is 6.20. The predicted octanol–water partition coefficient (Wildman–Crippen LogP) is 6.28. The summed E-state index contributed by atoms with van der Waals surface area (Å²) in [5, 5.41) is 6.94. The first kappa shape index (κ1) is 17.6. The number of anilines is 2. The zero-order valence-corrected chi connectivity index (χ0v) is 16.5. The van der Waals surface area contributed by atoms with Crippen LogP contribution in [0.1, 0.15) is 11.4 Å². The number of halogens is 1. The fraction of sp³-hybridized carbons (Fsp3) is 0.0952. The van der Waals surface area contributed by atoms with Crippen molar-refractivity contribution in [2.45, 2.75) is 13.8 Å². The Morgan fingerprint density at radius 1 is 0.889 bits per heavy atom. The van der Waals surface area contributed by atoms with E-state index in [1.54, 1.807) is 11.3 Å². The molecule has 0 amide bonds. The Hall–Kier alpha value is -2.76. The Morgan fingerprint density at radius 2 is 1.67 bits per heavy atom. The Labute approximate surface area is 166 Å². The van der Waals surface area contributed by atoms with Crippen LogP contribution in [0.3, 0.4) is 0 Å². The summed E-state index contributed by atoms with van der Waals surface area (Å²) in [6, 6.07) is 17.8. The maximum absolute atomic E-state index is 6.30. The molecule has 27 heavy (non-hydrogen) atoms. The van der Waals surface area contributed by atoms with Crippen molar-refractivity contribution in [3.8, 4) is 21.8 Å². The molecule has 0 bridgehead atoms. The van der Waals surface area contributed by atoms with Crippen LogP contribution in [0.4, 0.5) is 11.6 Å². The van der Waals surface area contributed by atoms with Crippen molar-refractivity contribution in [2.75, 3.05) is 5.32 Å². The van der Waals surface area contributed by atoms with Gasteiger partial charge in [-0.05, 0) is 38.1 Å². The number of thiazole rings is 1. The van der Waals surface area contributed by atoms with Gasteiger partial charge in [-0.1, -0.05) is 41.9 Å². The highest BCUT2D eigenvalue weighted by Gasteiger charge is 2.10. The standard InChI is InChI=1S/C21H17ClN4S/c1-13-10-14(2)24-21(23-13)25-16-7-5-6-15(11-16)19-12-27-20(26-19)17-8-3-4-9-18(17)22/h3-12H,1-2H3,(H,23,24,25). The number of benzene rings is 2. The van der Waals surface area contributed by atoms with Crippen molar-refractivity contribution in [1.29, 1.82) is 0 Å². The van der Waals surface area contributed by atoms with E-state index in [4.69, 9.17) is 16.6 Å². The molecule has 0 saturated carbocycles. The molecule has 0 spiro atoms. The largest absolute Gasteiger partial charge is 0.324 e. The van der Waals surface area contributed by atoms with Gasteiger partial charge in [-0.15, -0.1) is 11.3 Å². The molecule has 0 aliphatic rings. The summed E-state index contributed by atoms with van der Waals surface area (Å²) in [5.41, 5.74) is 5.69. The van der Waals surface area contributed by atoms with Gasteiger partial charge in [0.2, 0.25) is 5.95 Å². The summed E-state index contributed by atoms with van der Waals surface area (Å²) in [7, 11) is 0. The van der Waals surface area contributed by atoms with Gasteiger partial charge in [0.05, 0.1) is 10.7 Å². The molecule has 1 N–H and O–H groups in total. The van der Waals surface area contributed by atoms with Crippen LogP contribution in [0.15, 0.2) is 60.0 Å². The van der Waals surface area contributed by atoms with Crippen molar-refractivity contribution in [1.82, 2.24) is 15.0 Å². The van der Waals surface area contributed by atoms with Crippen LogP contribution in [-0.2, 0) is 0 Å². The van der Waals surface area contributed by atoms with Gasteiger partial charge < -0.3 is 5.32 Å². The first-order valence-electron chi connectivity index (χ1n) is 8.49. The molecule has 2 heterocycles. The minimum absolute atomic E-state index is 0.597. The topological polar surface area (TPSA) is 50.7 Å². The van der Waals surface area contributed by atoms with E-state index >= 15 is 0 Å². The van der Waals surface area contributed by atoms with Crippen LogP contribution in [-0.4, -0.2) is 15.0 Å². The van der Waals surface area contributed by atoms with Crippen LogP contribution in [0.2, 0.25) is 5.02 Å². The molecule has 4 nitrogen and oxygen atoms in total. The normalized spacial score (nSPS) is 10.8. The molecule has 4 aromatic rings. The van der Waals surface area contributed by atoms with Gasteiger partial charge in [0, 0.05) is 33.6 Å². The second kappa shape index (κ2) is 7.47. The highest BCUT2D eigenvalue weighted by atomic mass is 35.5. The third-order valence-electron chi connectivity index (χ3n) is 4.01. The number of hydrogen-bond acceptors (Lipinski definition) is 5. The predicted molar refractivity (Wildman–Crippen MR) is 113 cm³/mol. The zero-order chi connectivity index (χ0) is 18.8. The molecule has 2 aromatic heterocycles. The van der Waals surface area contributed by atoms with Crippen molar-refractivity contribution in [3.63, 3.8) is 0 Å². The fourth-order valence-electron chi connectivity index (χ4n) is 2.83. The molecule has 0 atom stereocenters. The van der Waals surface area contributed by atoms with Gasteiger partial charge in [-0.2, -0.15) is 0 Å². The van der Waals surface area contributed by atoms with Crippen molar-refractivity contribution >= 4 is 34.6 Å². The molecule has 134 valence electrons. The molecule has 0 aliphatic heterocycles. The van der Waals surface area contributed by atoms with Crippen LogP contribution < -0.4 is 5.32 Å². The van der Waals surface area contributed by atoms with E-state index in [1.807, 2.05) is 73.8 Å². The monoisotopic (exact) mass is 392 g/mol. The highest BCUT2D eigenvalue weighted by molar-refractivity contribution is 7.13. The average molecular weight is 393 g/mol. The number of nitrogens with one attached hydrogen (secondary N) is 1. The third kappa shape index (κ3) is 3.99. The van der Waals surface area contributed by atoms with Crippen LogP contribution in [0.25, 0.3) is 21.8 Å². The summed E-state index contributed by atoms with van der Waals surface area (Å²) >= 11 is 7.88. The lowest BCUT2D eigenvalue weighted by Gasteiger charge is -2.07. The number of hydrogen-bond donors (Lipinski definition) is 1. The number of aryl methyl sites for hydroxylation is 2. The summed E-state index contributed by atoms with van der Waals surface area (Å²) in [6.07, 6.45) is 0.